The molecule has 0 saturated carbocycles. The van der Waals surface area contributed by atoms with E-state index in [9.17, 15) is 0 Å². The van der Waals surface area contributed by atoms with Crippen molar-refractivity contribution in [2.24, 2.45) is 20.0 Å². The maximum absolute atomic E-state index is 6.69. The number of hydrogen-bond donors (Lipinski definition) is 0. The van der Waals surface area contributed by atoms with Gasteiger partial charge in [0, 0.05) is 5.56 Å². The third-order valence-corrected chi connectivity index (χ3v) is 7.97. The first kappa shape index (κ1) is 50.6. The molecule has 7 heteroatoms. The Balaban J connectivity index is 0.000000240. The van der Waals surface area contributed by atoms with Gasteiger partial charge in [-0.25, -0.2) is 0 Å². The van der Waals surface area contributed by atoms with E-state index in [2.05, 4.69) is 53.4 Å². The fourth-order valence-corrected chi connectivity index (χ4v) is 5.00. The van der Waals surface area contributed by atoms with Crippen LogP contribution in [0.15, 0.2) is 238 Å². The molecule has 0 aliphatic carbocycles. The zero-order valence-corrected chi connectivity index (χ0v) is 39.3. The summed E-state index contributed by atoms with van der Waals surface area (Å²) in [5, 5.41) is 0. The number of halogens is 1. The van der Waals surface area contributed by atoms with Gasteiger partial charge in [-0.2, -0.15) is 0 Å². The monoisotopic (exact) mass is 1190 g/mol. The molecule has 0 unspecified atom stereocenters. The largest absolute Gasteiger partial charge is 2.00 e. The van der Waals surface area contributed by atoms with Crippen LogP contribution in [0.25, 0.3) is 0 Å². The molecule has 0 aliphatic heterocycles. The molecule has 8 rings (SSSR count). The summed E-state index contributed by atoms with van der Waals surface area (Å²) in [6.07, 6.45) is 19.1. The SMILES string of the molecule is C#Cc1ccccc1.[C-]#Cc1ccccc1.[Cl][Pt+].[Pt+2].[c-]1c(C=Nc2ccccc2)cccc1C=Nc1ccccc1.[c-]1c(C=Nc2ccccc2)cccc1C=Nc1ccccc1. The van der Waals surface area contributed by atoms with Crippen molar-refractivity contribution in [3.8, 4) is 18.3 Å². The van der Waals surface area contributed by atoms with Crippen LogP contribution in [0.4, 0.5) is 22.7 Å². The number of aliphatic imine (C=N–C) groups is 4. The van der Waals surface area contributed by atoms with Gasteiger partial charge in [0.05, 0.1) is 22.7 Å². The van der Waals surface area contributed by atoms with Gasteiger partial charge < -0.3 is 6.42 Å². The van der Waals surface area contributed by atoms with E-state index in [1.54, 1.807) is 18.8 Å². The third-order valence-electron chi connectivity index (χ3n) is 7.97. The van der Waals surface area contributed by atoms with Gasteiger partial charge in [0.15, 0.2) is 0 Å². The third kappa shape index (κ3) is 21.5. The summed E-state index contributed by atoms with van der Waals surface area (Å²) in [4.78, 5) is 17.7. The Labute approximate surface area is 402 Å². The number of rotatable bonds is 8. The van der Waals surface area contributed by atoms with Gasteiger partial charge in [0.2, 0.25) is 0 Å². The fraction of sp³-hybridized carbons (Fsp3) is 0. The van der Waals surface area contributed by atoms with Crippen LogP contribution < -0.4 is 0 Å². The Morgan fingerprint density at radius 2 is 0.619 bits per heavy atom. The molecule has 312 valence electrons. The number of para-hydroxylation sites is 4. The van der Waals surface area contributed by atoms with E-state index in [0.717, 1.165) is 56.1 Å². The van der Waals surface area contributed by atoms with Crippen molar-refractivity contribution in [1.82, 2.24) is 0 Å². The molecular formula is C56H41ClN4Pt2. The molecule has 0 bridgehead atoms. The Morgan fingerprint density at radius 3 is 0.825 bits per heavy atom. The minimum Gasteiger partial charge on any atom is -0.295 e. The van der Waals surface area contributed by atoms with Crippen LogP contribution in [0.2, 0.25) is 0 Å². The Hall–Kier alpha value is -6.77. The Kier molecular flexibility index (Phi) is 25.7. The number of benzene rings is 8. The number of terminal acetylenes is 1. The predicted octanol–water partition coefficient (Wildman–Crippen LogP) is 14.0. The molecule has 0 heterocycles. The molecule has 0 spiro atoms. The van der Waals surface area contributed by atoms with Gasteiger partial charge in [-0.1, -0.05) is 115 Å². The maximum atomic E-state index is 6.69. The number of nitrogens with zero attached hydrogens (tertiary/aromatic N) is 4. The average molecular weight is 1200 g/mol. The van der Waals surface area contributed by atoms with Gasteiger partial charge in [-0.15, -0.1) is 94.9 Å². The second-order valence-corrected chi connectivity index (χ2v) is 12.5. The molecule has 0 aliphatic rings. The van der Waals surface area contributed by atoms with Crippen molar-refractivity contribution < 1.29 is 39.8 Å². The minimum atomic E-state index is 0. The summed E-state index contributed by atoms with van der Waals surface area (Å²) in [5.74, 6) is 4.80. The molecule has 0 fully saturated rings. The molecule has 4 nitrogen and oxygen atoms in total. The van der Waals surface area contributed by atoms with Crippen LogP contribution in [0.1, 0.15) is 33.4 Å². The normalized spacial score (nSPS) is 9.98. The average Bonchev–Trinajstić information content (AvgIpc) is 3.37. The molecule has 0 saturated heterocycles. The molecular weight excluding hydrogens is 1150 g/mol. The van der Waals surface area contributed by atoms with Gasteiger partial charge in [0.1, 0.15) is 0 Å². The zero-order chi connectivity index (χ0) is 43.7. The van der Waals surface area contributed by atoms with Crippen molar-refractivity contribution in [2.75, 3.05) is 0 Å². The molecule has 0 radical (unpaired) electrons. The van der Waals surface area contributed by atoms with E-state index < -0.39 is 0 Å². The summed E-state index contributed by atoms with van der Waals surface area (Å²) in [6, 6.07) is 76.9. The standard InChI is InChI=1S/2C20H15N2.C8H6.C8H5.ClH.2Pt/c2*1-3-10-19(11-4-1)21-15-17-8-7-9-18(14-17)16-22-20-12-5-2-6-13-20;2*1-2-8-6-4-3-5-7-8;;;/h2*1-13,15-16H;1,3-7H;3-7H;1H;;/q2*-1;;-1;;2*+2/p-1. The quantitative estimate of drug-likeness (QED) is 0.0827. The first-order chi connectivity index (χ1) is 30.7. The van der Waals surface area contributed by atoms with Crippen molar-refractivity contribution in [3.05, 3.63) is 270 Å². The summed E-state index contributed by atoms with van der Waals surface area (Å²) >= 11 is 1.61. The first-order valence-corrected chi connectivity index (χ1v) is 22.0. The van der Waals surface area contributed by atoms with Crippen LogP contribution in [-0.4, -0.2) is 24.9 Å². The maximum Gasteiger partial charge on any atom is 2.00 e. The van der Waals surface area contributed by atoms with Crippen LogP contribution in [0.3, 0.4) is 0 Å². The predicted molar refractivity (Wildman–Crippen MR) is 258 cm³/mol. The summed E-state index contributed by atoms with van der Waals surface area (Å²) in [5.41, 5.74) is 9.21. The molecule has 0 aromatic heterocycles. The van der Waals surface area contributed by atoms with E-state index in [1.807, 2.05) is 243 Å². The Morgan fingerprint density at radius 1 is 0.381 bits per heavy atom. The molecule has 63 heavy (non-hydrogen) atoms. The van der Waals surface area contributed by atoms with Crippen LogP contribution >= 0.6 is 9.42 Å². The van der Waals surface area contributed by atoms with Crippen LogP contribution in [0, 0.1) is 36.8 Å². The first-order valence-electron chi connectivity index (χ1n) is 19.2. The van der Waals surface area contributed by atoms with Crippen LogP contribution in [0.5, 0.6) is 0 Å². The van der Waals surface area contributed by atoms with Gasteiger partial charge in [0.25, 0.3) is 0 Å². The molecule has 8 aromatic rings. The van der Waals surface area contributed by atoms with Crippen molar-refractivity contribution >= 4 is 57.0 Å². The van der Waals surface area contributed by atoms with E-state index >= 15 is 0 Å². The smallest absolute Gasteiger partial charge is 0.295 e. The number of hydrogen-bond acceptors (Lipinski definition) is 4. The zero-order valence-electron chi connectivity index (χ0n) is 34.0. The molecule has 0 atom stereocenters. The molecule has 8 aromatic carbocycles. The van der Waals surface area contributed by atoms with Crippen LogP contribution in [-0.2, 0) is 39.8 Å². The van der Waals surface area contributed by atoms with E-state index in [1.165, 1.54) is 0 Å². The fourth-order valence-electron chi connectivity index (χ4n) is 5.00. The Bertz CT molecular complexity index is 2330. The van der Waals surface area contributed by atoms with E-state index in [-0.39, 0.29) is 21.1 Å². The van der Waals surface area contributed by atoms with Crippen molar-refractivity contribution in [1.29, 1.82) is 0 Å². The second kappa shape index (κ2) is 32.0. The molecule has 0 N–H and O–H groups in total. The summed E-state index contributed by atoms with van der Waals surface area (Å²) in [6.45, 7) is 0. The van der Waals surface area contributed by atoms with E-state index in [0.29, 0.717) is 0 Å². The molecule has 0 amide bonds. The van der Waals surface area contributed by atoms with E-state index in [4.69, 9.17) is 12.8 Å². The second-order valence-electron chi connectivity index (χ2n) is 12.5. The minimum absolute atomic E-state index is 0. The topological polar surface area (TPSA) is 49.4 Å². The van der Waals surface area contributed by atoms with Crippen molar-refractivity contribution in [3.63, 3.8) is 0 Å². The van der Waals surface area contributed by atoms with Gasteiger partial charge in [-0.05, 0) is 85.5 Å². The van der Waals surface area contributed by atoms with Gasteiger partial charge >= 0.3 is 49.3 Å². The summed E-state index contributed by atoms with van der Waals surface area (Å²) in [7, 11) is 4.61. The summed E-state index contributed by atoms with van der Waals surface area (Å²) < 4.78 is 0. The van der Waals surface area contributed by atoms with Crippen molar-refractivity contribution in [2.45, 2.75) is 0 Å². The van der Waals surface area contributed by atoms with Gasteiger partial charge in [-0.3, -0.25) is 25.9 Å².